The van der Waals surface area contributed by atoms with Gasteiger partial charge in [-0.05, 0) is 50.8 Å². The molecule has 5 nitrogen and oxygen atoms in total. The van der Waals surface area contributed by atoms with Crippen molar-refractivity contribution in [1.82, 2.24) is 0 Å². The number of ether oxygens (including phenoxy) is 2. The van der Waals surface area contributed by atoms with Crippen molar-refractivity contribution in [3.8, 4) is 0 Å². The molecule has 4 atom stereocenters. The molecular weight excluding hydrogens is 380 g/mol. The fourth-order valence-corrected chi connectivity index (χ4v) is 4.88. The Balaban J connectivity index is 1.95. The summed E-state index contributed by atoms with van der Waals surface area (Å²) in [6, 6.07) is 0. The second-order valence-electron chi connectivity index (χ2n) is 9.02. The Morgan fingerprint density at radius 3 is 2.60 bits per heavy atom. The lowest BCUT2D eigenvalue weighted by atomic mass is 9.61. The molecule has 0 aromatic heterocycles. The van der Waals surface area contributed by atoms with Gasteiger partial charge in [0, 0.05) is 6.42 Å². The third-order valence-corrected chi connectivity index (χ3v) is 6.62. The monoisotopic (exact) mass is 408 g/mol. The summed E-state index contributed by atoms with van der Waals surface area (Å²) < 4.78 is 11.7. The van der Waals surface area contributed by atoms with Gasteiger partial charge in [0.15, 0.2) is 5.60 Å². The maximum atomic E-state index is 13.8. The Kier molecular flexibility index (Phi) is 4.97. The number of carbonyl (C=O) groups is 2. The maximum absolute atomic E-state index is 13.8. The molecule has 0 unspecified atom stereocenters. The molecule has 3 aliphatic heterocycles. The Hall–Kier alpha value is -2.66. The normalized spacial score (nSPS) is 41.4. The van der Waals surface area contributed by atoms with Crippen LogP contribution in [0, 0.1) is 11.3 Å². The van der Waals surface area contributed by atoms with E-state index in [0.29, 0.717) is 12.8 Å². The van der Waals surface area contributed by atoms with Gasteiger partial charge < -0.3 is 14.6 Å². The number of hydrogen-bond acceptors (Lipinski definition) is 5. The first-order valence-electron chi connectivity index (χ1n) is 10.4. The summed E-state index contributed by atoms with van der Waals surface area (Å²) in [5.41, 5.74) is 0.782. The van der Waals surface area contributed by atoms with Crippen molar-refractivity contribution < 1.29 is 24.2 Å². The van der Waals surface area contributed by atoms with Gasteiger partial charge in [-0.2, -0.15) is 0 Å². The molecule has 3 heterocycles. The highest BCUT2D eigenvalue weighted by Crippen LogP contribution is 2.53. The van der Waals surface area contributed by atoms with E-state index in [0.717, 1.165) is 16.7 Å². The van der Waals surface area contributed by atoms with E-state index in [4.69, 9.17) is 9.47 Å². The number of hydrogen-bond donors (Lipinski definition) is 1. The van der Waals surface area contributed by atoms with Crippen molar-refractivity contribution in [1.29, 1.82) is 0 Å². The second kappa shape index (κ2) is 7.24. The average Bonchev–Trinajstić information content (AvgIpc) is 2.91. The molecule has 5 aliphatic rings. The SMILES string of the molecule is CC1=C[C@]2(C)/C=C(C)\C=C\C[C@@H](O)C=C3C=C/C(=C4/C(=O)O[C@]2(C[C@@H]1C)C4=O)OC3. The maximum Gasteiger partial charge on any atom is 0.346 e. The number of fused-ring (bicyclic) bond motifs is 5. The van der Waals surface area contributed by atoms with Crippen LogP contribution in [0.1, 0.15) is 40.5 Å². The number of esters is 1. The van der Waals surface area contributed by atoms with E-state index in [2.05, 4.69) is 13.0 Å². The van der Waals surface area contributed by atoms with Crippen LogP contribution in [0.15, 0.2) is 70.6 Å². The average molecular weight is 408 g/mol. The predicted octanol–water partition coefficient (Wildman–Crippen LogP) is 3.88. The van der Waals surface area contributed by atoms with Crippen molar-refractivity contribution in [2.75, 3.05) is 6.61 Å². The zero-order chi connectivity index (χ0) is 21.7. The molecule has 1 spiro atoms. The Morgan fingerprint density at radius 1 is 1.13 bits per heavy atom. The molecule has 4 bridgehead atoms. The predicted molar refractivity (Wildman–Crippen MR) is 113 cm³/mol. The number of aliphatic hydroxyl groups excluding tert-OH is 1. The number of aliphatic hydroxyl groups is 1. The largest absolute Gasteiger partial charge is 0.488 e. The summed E-state index contributed by atoms with van der Waals surface area (Å²) in [5.74, 6) is -0.603. The number of allylic oxidation sites excluding steroid dienone is 4. The van der Waals surface area contributed by atoms with Crippen LogP contribution in [0.2, 0.25) is 0 Å². The van der Waals surface area contributed by atoms with E-state index in [-0.39, 0.29) is 29.6 Å². The van der Waals surface area contributed by atoms with Crippen molar-refractivity contribution in [3.05, 3.63) is 70.6 Å². The number of Topliss-reactive ketones (excluding diaryl/α,β-unsaturated/α-hetero) is 1. The van der Waals surface area contributed by atoms with E-state index < -0.39 is 23.1 Å². The standard InChI is InChI=1S/C25H28O5/c1-15-6-5-7-19(26)10-18-8-9-20(29-14-18)21-22(27)25(30-23(21)28)13-17(3)16(2)12-24(25,4)11-15/h5-6,8-12,17,19,26H,7,13-14H2,1-4H3/b6-5+,15-11-,18-10?,21-20-/t17-,19+,24-,25+/m0/s1. The second-order valence-corrected chi connectivity index (χ2v) is 9.02. The van der Waals surface area contributed by atoms with Crippen molar-refractivity contribution >= 4 is 11.8 Å². The Morgan fingerprint density at radius 2 is 1.90 bits per heavy atom. The van der Waals surface area contributed by atoms with Crippen molar-refractivity contribution in [3.63, 3.8) is 0 Å². The van der Waals surface area contributed by atoms with Crippen LogP contribution in [0.5, 0.6) is 0 Å². The van der Waals surface area contributed by atoms with Crippen LogP contribution in [-0.2, 0) is 19.1 Å². The molecule has 0 aromatic carbocycles. The number of ketones is 1. The van der Waals surface area contributed by atoms with Gasteiger partial charge >= 0.3 is 5.97 Å². The van der Waals surface area contributed by atoms with Crippen molar-refractivity contribution in [2.24, 2.45) is 11.3 Å². The molecule has 5 heteroatoms. The lowest BCUT2D eigenvalue weighted by molar-refractivity contribution is -0.162. The van der Waals surface area contributed by atoms with Gasteiger partial charge in [-0.15, -0.1) is 0 Å². The third kappa shape index (κ3) is 3.21. The van der Waals surface area contributed by atoms with Gasteiger partial charge in [-0.3, -0.25) is 4.79 Å². The van der Waals surface area contributed by atoms with E-state index in [1.165, 1.54) is 0 Å². The molecule has 1 N–H and O–H groups in total. The highest BCUT2D eigenvalue weighted by Gasteiger charge is 2.64. The topological polar surface area (TPSA) is 72.8 Å². The fraction of sp³-hybridized carbons (Fsp3) is 0.440. The first-order valence-corrected chi connectivity index (χ1v) is 10.4. The Labute approximate surface area is 177 Å². The smallest absolute Gasteiger partial charge is 0.346 e. The highest BCUT2D eigenvalue weighted by atomic mass is 16.6. The van der Waals surface area contributed by atoms with Crippen LogP contribution >= 0.6 is 0 Å². The first-order chi connectivity index (χ1) is 14.1. The molecule has 5 rings (SSSR count). The van der Waals surface area contributed by atoms with E-state index in [1.54, 1.807) is 18.2 Å². The van der Waals surface area contributed by atoms with Gasteiger partial charge in [0.05, 0.1) is 11.5 Å². The summed E-state index contributed by atoms with van der Waals surface area (Å²) in [5, 5.41) is 10.3. The zero-order valence-electron chi connectivity index (χ0n) is 17.9. The lowest BCUT2D eigenvalue weighted by Gasteiger charge is -2.45. The van der Waals surface area contributed by atoms with Gasteiger partial charge in [-0.25, -0.2) is 4.79 Å². The minimum Gasteiger partial charge on any atom is -0.488 e. The first kappa shape index (κ1) is 20.6. The summed E-state index contributed by atoms with van der Waals surface area (Å²) >= 11 is 0. The lowest BCUT2D eigenvalue weighted by Crippen LogP contribution is -2.53. The quantitative estimate of drug-likeness (QED) is 0.374. The molecule has 0 radical (unpaired) electrons. The number of rotatable bonds is 0. The summed E-state index contributed by atoms with van der Waals surface area (Å²) in [7, 11) is 0. The van der Waals surface area contributed by atoms with Gasteiger partial charge in [-0.1, -0.05) is 48.5 Å². The molecule has 1 fully saturated rings. The van der Waals surface area contributed by atoms with E-state index in [9.17, 15) is 14.7 Å². The van der Waals surface area contributed by atoms with Crippen molar-refractivity contribution in [2.45, 2.75) is 52.2 Å². The molecule has 0 aromatic rings. The summed E-state index contributed by atoms with van der Waals surface area (Å²) in [4.78, 5) is 26.7. The van der Waals surface area contributed by atoms with Gasteiger partial charge in [0.2, 0.25) is 5.78 Å². The molecular formula is C25H28O5. The van der Waals surface area contributed by atoms with Crippen LogP contribution < -0.4 is 0 Å². The molecule has 0 amide bonds. The summed E-state index contributed by atoms with van der Waals surface area (Å²) in [6.07, 6.45) is 13.3. The molecule has 30 heavy (non-hydrogen) atoms. The minimum atomic E-state index is -1.30. The van der Waals surface area contributed by atoms with Crippen LogP contribution in [0.4, 0.5) is 0 Å². The van der Waals surface area contributed by atoms with E-state index >= 15 is 0 Å². The fourth-order valence-electron chi connectivity index (χ4n) is 4.88. The molecule has 0 saturated carbocycles. The summed E-state index contributed by atoms with van der Waals surface area (Å²) in [6.45, 7) is 8.19. The van der Waals surface area contributed by atoms with Gasteiger partial charge in [0.25, 0.3) is 0 Å². The number of carbonyl (C=O) groups excluding carboxylic acids is 2. The third-order valence-electron chi connectivity index (χ3n) is 6.62. The minimum absolute atomic E-state index is 0.0197. The molecule has 2 aliphatic carbocycles. The van der Waals surface area contributed by atoms with Crippen LogP contribution in [-0.4, -0.2) is 35.2 Å². The van der Waals surface area contributed by atoms with Gasteiger partial charge in [0.1, 0.15) is 17.9 Å². The van der Waals surface area contributed by atoms with Crippen LogP contribution in [0.25, 0.3) is 0 Å². The highest BCUT2D eigenvalue weighted by molar-refractivity contribution is 6.26. The zero-order valence-corrected chi connectivity index (χ0v) is 17.9. The molecule has 1 saturated heterocycles. The van der Waals surface area contributed by atoms with E-state index in [1.807, 2.05) is 39.0 Å². The Bertz CT molecular complexity index is 989. The molecule has 158 valence electrons. The van der Waals surface area contributed by atoms with Crippen LogP contribution in [0.3, 0.4) is 0 Å².